The molecule has 2 rings (SSSR count). The molecular weight excluding hydrogens is 232 g/mol. The van der Waals surface area contributed by atoms with Gasteiger partial charge in [-0.2, -0.15) is 0 Å². The average Bonchev–Trinajstić information content (AvgIpc) is 2.82. The summed E-state index contributed by atoms with van der Waals surface area (Å²) in [6, 6.07) is 11.5. The van der Waals surface area contributed by atoms with Crippen LogP contribution in [0.5, 0.6) is 5.75 Å². The first kappa shape index (κ1) is 11.9. The van der Waals surface area contributed by atoms with Crippen LogP contribution in [0.15, 0.2) is 41.8 Å². The van der Waals surface area contributed by atoms with E-state index in [1.54, 1.807) is 24.3 Å². The van der Waals surface area contributed by atoms with Gasteiger partial charge >= 0.3 is 0 Å². The monoisotopic (exact) mass is 246 g/mol. The minimum Gasteiger partial charge on any atom is -0.492 e. The normalized spacial score (nSPS) is 10.2. The third-order valence-electron chi connectivity index (χ3n) is 2.45. The van der Waals surface area contributed by atoms with Crippen molar-refractivity contribution in [2.75, 3.05) is 6.61 Å². The van der Waals surface area contributed by atoms with Gasteiger partial charge in [0.1, 0.15) is 5.75 Å². The average molecular weight is 246 g/mol. The Kier molecular flexibility index (Phi) is 3.94. The van der Waals surface area contributed by atoms with Gasteiger partial charge in [0.05, 0.1) is 12.2 Å². The molecule has 1 aromatic carbocycles. The van der Waals surface area contributed by atoms with Gasteiger partial charge in [0.15, 0.2) is 5.78 Å². The fourth-order valence-corrected chi connectivity index (χ4v) is 2.29. The summed E-state index contributed by atoms with van der Waals surface area (Å²) in [6.07, 6.45) is 0.879. The van der Waals surface area contributed by atoms with Crippen LogP contribution in [0.25, 0.3) is 0 Å². The second-order valence-electron chi connectivity index (χ2n) is 3.73. The topological polar surface area (TPSA) is 26.3 Å². The van der Waals surface area contributed by atoms with Crippen molar-refractivity contribution in [2.45, 2.75) is 13.3 Å². The van der Waals surface area contributed by atoms with Gasteiger partial charge in [-0.3, -0.25) is 4.79 Å². The maximum absolute atomic E-state index is 11.4. The lowest BCUT2D eigenvalue weighted by molar-refractivity contribution is 0.101. The zero-order valence-electron chi connectivity index (χ0n) is 9.68. The van der Waals surface area contributed by atoms with Gasteiger partial charge < -0.3 is 4.74 Å². The van der Waals surface area contributed by atoms with Crippen molar-refractivity contribution >= 4 is 17.1 Å². The van der Waals surface area contributed by atoms with Crippen molar-refractivity contribution in [2.24, 2.45) is 0 Å². The second-order valence-corrected chi connectivity index (χ2v) is 4.76. The van der Waals surface area contributed by atoms with Crippen molar-refractivity contribution in [1.29, 1.82) is 0 Å². The molecule has 0 fully saturated rings. The Morgan fingerprint density at radius 1 is 1.24 bits per heavy atom. The molecule has 0 radical (unpaired) electrons. The molecule has 0 saturated carbocycles. The standard InChI is InChI=1S/C14H14O2S/c1-11(15)13-6-2-3-7-14(13)16-9-8-12-5-4-10-17-12/h2-7,10H,8-9H2,1H3. The lowest BCUT2D eigenvalue weighted by Gasteiger charge is -2.08. The van der Waals surface area contributed by atoms with Crippen molar-refractivity contribution in [3.8, 4) is 5.75 Å². The number of carbonyl (C=O) groups is 1. The number of carbonyl (C=O) groups excluding carboxylic acids is 1. The van der Waals surface area contributed by atoms with E-state index in [-0.39, 0.29) is 5.78 Å². The molecule has 0 aliphatic heterocycles. The third-order valence-corrected chi connectivity index (χ3v) is 3.39. The Morgan fingerprint density at radius 2 is 2.06 bits per heavy atom. The smallest absolute Gasteiger partial charge is 0.163 e. The van der Waals surface area contributed by atoms with E-state index < -0.39 is 0 Å². The molecule has 2 aromatic rings. The Balaban J connectivity index is 1.97. The molecule has 0 N–H and O–H groups in total. The highest BCUT2D eigenvalue weighted by molar-refractivity contribution is 7.09. The number of hydrogen-bond donors (Lipinski definition) is 0. The van der Waals surface area contributed by atoms with Gasteiger partial charge in [0.2, 0.25) is 0 Å². The van der Waals surface area contributed by atoms with Gasteiger partial charge in [0.25, 0.3) is 0 Å². The van der Waals surface area contributed by atoms with E-state index >= 15 is 0 Å². The van der Waals surface area contributed by atoms with Gasteiger partial charge in [-0.1, -0.05) is 18.2 Å². The highest BCUT2D eigenvalue weighted by Gasteiger charge is 2.06. The minimum atomic E-state index is 0.0386. The fraction of sp³-hybridized carbons (Fsp3) is 0.214. The summed E-state index contributed by atoms with van der Waals surface area (Å²) >= 11 is 1.72. The predicted molar refractivity (Wildman–Crippen MR) is 70.0 cm³/mol. The van der Waals surface area contributed by atoms with E-state index in [0.717, 1.165) is 6.42 Å². The zero-order valence-corrected chi connectivity index (χ0v) is 10.5. The molecular formula is C14H14O2S. The molecule has 3 heteroatoms. The summed E-state index contributed by atoms with van der Waals surface area (Å²) in [7, 11) is 0. The molecule has 88 valence electrons. The molecule has 1 heterocycles. The quantitative estimate of drug-likeness (QED) is 0.754. The second kappa shape index (κ2) is 5.64. The van der Waals surface area contributed by atoms with Gasteiger partial charge in [-0.25, -0.2) is 0 Å². The highest BCUT2D eigenvalue weighted by atomic mass is 32.1. The SMILES string of the molecule is CC(=O)c1ccccc1OCCc1cccs1. The van der Waals surface area contributed by atoms with Crippen LogP contribution in [0, 0.1) is 0 Å². The van der Waals surface area contributed by atoms with Crippen LogP contribution in [0.4, 0.5) is 0 Å². The van der Waals surface area contributed by atoms with Crippen LogP contribution < -0.4 is 4.74 Å². The predicted octanol–water partition coefficient (Wildman–Crippen LogP) is 3.57. The summed E-state index contributed by atoms with van der Waals surface area (Å²) in [6.45, 7) is 2.16. The van der Waals surface area contributed by atoms with Crippen molar-refractivity contribution in [3.05, 3.63) is 52.2 Å². The molecule has 0 unspecified atom stereocenters. The van der Waals surface area contributed by atoms with Crippen LogP contribution in [-0.2, 0) is 6.42 Å². The van der Waals surface area contributed by atoms with E-state index in [1.807, 2.05) is 24.3 Å². The van der Waals surface area contributed by atoms with Crippen LogP contribution in [-0.4, -0.2) is 12.4 Å². The maximum atomic E-state index is 11.4. The molecule has 0 saturated heterocycles. The highest BCUT2D eigenvalue weighted by Crippen LogP contribution is 2.19. The van der Waals surface area contributed by atoms with Crippen molar-refractivity contribution in [3.63, 3.8) is 0 Å². The first-order chi connectivity index (χ1) is 8.27. The van der Waals surface area contributed by atoms with E-state index in [1.165, 1.54) is 4.88 Å². The van der Waals surface area contributed by atoms with Crippen molar-refractivity contribution in [1.82, 2.24) is 0 Å². The molecule has 0 atom stereocenters. The maximum Gasteiger partial charge on any atom is 0.163 e. The van der Waals surface area contributed by atoms with E-state index in [2.05, 4.69) is 11.4 Å². The number of thiophene rings is 1. The molecule has 0 spiro atoms. The van der Waals surface area contributed by atoms with Crippen molar-refractivity contribution < 1.29 is 9.53 Å². The van der Waals surface area contributed by atoms with E-state index in [0.29, 0.717) is 17.9 Å². The van der Waals surface area contributed by atoms with Crippen LogP contribution in [0.2, 0.25) is 0 Å². The van der Waals surface area contributed by atoms with Gasteiger partial charge in [0, 0.05) is 11.3 Å². The Hall–Kier alpha value is -1.61. The minimum absolute atomic E-state index is 0.0386. The number of benzene rings is 1. The fourth-order valence-electron chi connectivity index (χ4n) is 1.60. The van der Waals surface area contributed by atoms with Crippen LogP contribution in [0.1, 0.15) is 22.2 Å². The number of ether oxygens (including phenoxy) is 1. The first-order valence-electron chi connectivity index (χ1n) is 5.52. The molecule has 0 aliphatic rings. The number of hydrogen-bond acceptors (Lipinski definition) is 3. The number of Topliss-reactive ketones (excluding diaryl/α,β-unsaturated/α-hetero) is 1. The van der Waals surface area contributed by atoms with Gasteiger partial charge in [-0.05, 0) is 30.5 Å². The van der Waals surface area contributed by atoms with E-state index in [4.69, 9.17) is 4.74 Å². The lowest BCUT2D eigenvalue weighted by Crippen LogP contribution is -2.04. The third kappa shape index (κ3) is 3.17. The number of ketones is 1. The molecule has 1 aromatic heterocycles. The summed E-state index contributed by atoms with van der Waals surface area (Å²) in [5, 5.41) is 2.05. The Bertz CT molecular complexity index is 489. The summed E-state index contributed by atoms with van der Waals surface area (Å²) in [5.74, 6) is 0.716. The number of para-hydroxylation sites is 1. The summed E-state index contributed by atoms with van der Waals surface area (Å²) in [4.78, 5) is 12.7. The molecule has 2 nitrogen and oxygen atoms in total. The van der Waals surface area contributed by atoms with Crippen LogP contribution in [0.3, 0.4) is 0 Å². The largest absolute Gasteiger partial charge is 0.492 e. The molecule has 17 heavy (non-hydrogen) atoms. The number of rotatable bonds is 5. The molecule has 0 aliphatic carbocycles. The summed E-state index contributed by atoms with van der Waals surface area (Å²) < 4.78 is 5.66. The lowest BCUT2D eigenvalue weighted by atomic mass is 10.1. The Labute approximate surface area is 105 Å². The molecule has 0 bridgehead atoms. The first-order valence-corrected chi connectivity index (χ1v) is 6.40. The van der Waals surface area contributed by atoms with Crippen LogP contribution >= 0.6 is 11.3 Å². The van der Waals surface area contributed by atoms with E-state index in [9.17, 15) is 4.79 Å². The van der Waals surface area contributed by atoms with Gasteiger partial charge in [-0.15, -0.1) is 11.3 Å². The zero-order chi connectivity index (χ0) is 12.1. The Morgan fingerprint density at radius 3 is 2.76 bits per heavy atom. The summed E-state index contributed by atoms with van der Waals surface area (Å²) in [5.41, 5.74) is 0.652. The molecule has 0 amide bonds.